The first-order chi connectivity index (χ1) is 16.5. The van der Waals surface area contributed by atoms with Crippen molar-refractivity contribution >= 4 is 23.4 Å². The predicted octanol–water partition coefficient (Wildman–Crippen LogP) is 3.36. The highest BCUT2D eigenvalue weighted by Gasteiger charge is 2.67. The average molecular weight is 459 g/mol. The van der Waals surface area contributed by atoms with Crippen molar-refractivity contribution < 1.29 is 23.9 Å². The molecule has 3 fully saturated rings. The van der Waals surface area contributed by atoms with Crippen molar-refractivity contribution in [2.75, 3.05) is 25.8 Å². The van der Waals surface area contributed by atoms with Gasteiger partial charge in [-0.05, 0) is 60.4 Å². The number of imide groups is 1. The molecule has 2 saturated carbocycles. The van der Waals surface area contributed by atoms with Crippen molar-refractivity contribution in [2.24, 2.45) is 35.5 Å². The third-order valence-corrected chi connectivity index (χ3v) is 7.97. The van der Waals surface area contributed by atoms with E-state index < -0.39 is 0 Å². The van der Waals surface area contributed by atoms with Crippen LogP contribution in [-0.4, -0.2) is 43.5 Å². The zero-order valence-electron chi connectivity index (χ0n) is 19.1. The van der Waals surface area contributed by atoms with E-state index in [1.165, 1.54) is 24.0 Å². The molecule has 0 spiro atoms. The van der Waals surface area contributed by atoms with Gasteiger partial charge in [0, 0.05) is 5.56 Å². The fraction of sp³-hybridized carbons (Fsp3) is 0.370. The van der Waals surface area contributed by atoms with E-state index in [1.54, 1.807) is 42.5 Å². The van der Waals surface area contributed by atoms with Crippen molar-refractivity contribution in [1.29, 1.82) is 0 Å². The van der Waals surface area contributed by atoms with Crippen LogP contribution in [0.3, 0.4) is 0 Å². The number of allylic oxidation sites excluding steroid dienone is 2. The van der Waals surface area contributed by atoms with Crippen molar-refractivity contribution in [2.45, 2.75) is 6.42 Å². The number of carbonyl (C=O) groups is 3. The molecule has 2 bridgehead atoms. The summed E-state index contributed by atoms with van der Waals surface area (Å²) in [6.07, 6.45) is 5.40. The van der Waals surface area contributed by atoms with Crippen LogP contribution in [0.15, 0.2) is 60.7 Å². The molecular weight excluding hydrogens is 432 g/mol. The molecule has 7 heteroatoms. The molecule has 34 heavy (non-hydrogen) atoms. The number of amides is 3. The second kappa shape index (κ2) is 7.72. The third kappa shape index (κ3) is 2.99. The van der Waals surface area contributed by atoms with Gasteiger partial charge >= 0.3 is 0 Å². The summed E-state index contributed by atoms with van der Waals surface area (Å²) in [7, 11) is 3.07. The van der Waals surface area contributed by atoms with Crippen LogP contribution in [0.4, 0.5) is 5.69 Å². The number of para-hydroxylation sites is 2. The normalized spacial score (nSPS) is 30.1. The fourth-order valence-electron chi connectivity index (χ4n) is 6.31. The summed E-state index contributed by atoms with van der Waals surface area (Å²) in [5.41, 5.74) is 0.891. The topological polar surface area (TPSA) is 76.2 Å². The van der Waals surface area contributed by atoms with Gasteiger partial charge in [-0.1, -0.05) is 30.4 Å². The maximum Gasteiger partial charge on any atom is 0.260 e. The van der Waals surface area contributed by atoms with Crippen molar-refractivity contribution in [3.8, 4) is 11.5 Å². The van der Waals surface area contributed by atoms with E-state index in [4.69, 9.17) is 9.47 Å². The quantitative estimate of drug-likeness (QED) is 0.490. The maximum atomic E-state index is 13.8. The molecule has 1 saturated heterocycles. The number of benzene rings is 2. The first-order valence-electron chi connectivity index (χ1n) is 11.7. The molecule has 0 N–H and O–H groups in total. The van der Waals surface area contributed by atoms with Crippen LogP contribution in [0, 0.1) is 35.5 Å². The zero-order valence-corrected chi connectivity index (χ0v) is 19.1. The standard InChI is InChI=1S/C27H26N2O5/c1-33-16-7-5-6-15(12-16)25(30)28(21-8-3-4-9-22(21)34-2)14-29-26(31)23-17-10-11-18(20-13-19(17)20)24(23)27(29)32/h3-12,17-20,23-24H,13-14H2,1-2H3/t17-,18-,19-,20-,23+,24+/m0/s1. The second-order valence-corrected chi connectivity index (χ2v) is 9.54. The van der Waals surface area contributed by atoms with E-state index >= 15 is 0 Å². The molecule has 3 amide bonds. The van der Waals surface area contributed by atoms with Crippen molar-refractivity contribution in [1.82, 2.24) is 4.90 Å². The first kappa shape index (κ1) is 21.0. The Morgan fingerprint density at radius 2 is 1.62 bits per heavy atom. The highest BCUT2D eigenvalue weighted by atomic mass is 16.5. The molecule has 7 rings (SSSR count). The summed E-state index contributed by atoms with van der Waals surface area (Å²) in [4.78, 5) is 43.6. The Bertz CT molecular complexity index is 1190. The zero-order chi connectivity index (χ0) is 23.6. The van der Waals surface area contributed by atoms with Gasteiger partial charge in [0.25, 0.3) is 5.91 Å². The molecule has 5 aliphatic rings. The predicted molar refractivity (Wildman–Crippen MR) is 124 cm³/mol. The minimum absolute atomic E-state index is 0.134. The van der Waals surface area contributed by atoms with Gasteiger partial charge in [-0.2, -0.15) is 0 Å². The number of likely N-dealkylation sites (tertiary alicyclic amines) is 1. The highest BCUT2D eigenvalue weighted by Crippen LogP contribution is 2.65. The van der Waals surface area contributed by atoms with Crippen LogP contribution in [-0.2, 0) is 9.59 Å². The number of rotatable bonds is 6. The summed E-state index contributed by atoms with van der Waals surface area (Å²) in [6, 6.07) is 14.0. The SMILES string of the molecule is COc1cccc(C(=O)N(CN2C(=O)[C@@H]3[C@H]4C=C[C@@H]([C@@H]5C[C@@H]45)[C@H]3C2=O)c2ccccc2OC)c1. The Morgan fingerprint density at radius 1 is 0.941 bits per heavy atom. The van der Waals surface area contributed by atoms with Crippen LogP contribution in [0.25, 0.3) is 0 Å². The van der Waals surface area contributed by atoms with Gasteiger partial charge in [-0.3, -0.25) is 24.2 Å². The number of nitrogens with zero attached hydrogens (tertiary/aromatic N) is 2. The van der Waals surface area contributed by atoms with Gasteiger partial charge in [0.2, 0.25) is 11.8 Å². The number of hydrogen-bond acceptors (Lipinski definition) is 5. The molecule has 2 aromatic rings. The molecule has 1 heterocycles. The van der Waals surface area contributed by atoms with E-state index in [0.717, 1.165) is 6.42 Å². The van der Waals surface area contributed by atoms with Gasteiger partial charge in [0.15, 0.2) is 0 Å². The molecule has 0 aromatic heterocycles. The molecular formula is C27H26N2O5. The van der Waals surface area contributed by atoms with Gasteiger partial charge in [0.1, 0.15) is 18.2 Å². The lowest BCUT2D eigenvalue weighted by molar-refractivity contribution is -0.140. The Kier molecular flexibility index (Phi) is 4.76. The van der Waals surface area contributed by atoms with E-state index in [-0.39, 0.29) is 48.1 Å². The summed E-state index contributed by atoms with van der Waals surface area (Å²) >= 11 is 0. The lowest BCUT2D eigenvalue weighted by Crippen LogP contribution is -2.45. The molecule has 174 valence electrons. The highest BCUT2D eigenvalue weighted by molar-refractivity contribution is 6.10. The molecule has 2 aromatic carbocycles. The van der Waals surface area contributed by atoms with E-state index in [1.807, 2.05) is 6.07 Å². The number of carbonyl (C=O) groups excluding carboxylic acids is 3. The minimum Gasteiger partial charge on any atom is -0.497 e. The van der Waals surface area contributed by atoms with Gasteiger partial charge in [-0.25, -0.2) is 0 Å². The molecule has 0 unspecified atom stereocenters. The molecule has 7 nitrogen and oxygen atoms in total. The monoisotopic (exact) mass is 458 g/mol. The third-order valence-electron chi connectivity index (χ3n) is 7.97. The van der Waals surface area contributed by atoms with Crippen LogP contribution >= 0.6 is 0 Å². The number of hydrogen-bond donors (Lipinski definition) is 0. The molecule has 0 radical (unpaired) electrons. The number of anilines is 1. The molecule has 4 aliphatic carbocycles. The minimum atomic E-state index is -0.345. The molecule has 6 atom stereocenters. The summed E-state index contributed by atoms with van der Waals surface area (Å²) in [6.45, 7) is -0.157. The van der Waals surface area contributed by atoms with E-state index in [9.17, 15) is 14.4 Å². The van der Waals surface area contributed by atoms with E-state index in [0.29, 0.717) is 34.6 Å². The number of methoxy groups -OCH3 is 2. The van der Waals surface area contributed by atoms with Crippen LogP contribution < -0.4 is 14.4 Å². The Hall–Kier alpha value is -3.61. The lowest BCUT2D eigenvalue weighted by atomic mass is 9.63. The second-order valence-electron chi connectivity index (χ2n) is 9.54. The lowest BCUT2D eigenvalue weighted by Gasteiger charge is -2.37. The largest absolute Gasteiger partial charge is 0.497 e. The van der Waals surface area contributed by atoms with E-state index in [2.05, 4.69) is 12.2 Å². The van der Waals surface area contributed by atoms with Crippen molar-refractivity contribution in [3.63, 3.8) is 0 Å². The Balaban J connectivity index is 1.37. The number of ether oxygens (including phenoxy) is 2. The van der Waals surface area contributed by atoms with Crippen LogP contribution in [0.5, 0.6) is 11.5 Å². The maximum absolute atomic E-state index is 13.8. The summed E-state index contributed by atoms with van der Waals surface area (Å²) < 4.78 is 10.8. The first-order valence-corrected chi connectivity index (χ1v) is 11.7. The van der Waals surface area contributed by atoms with Gasteiger partial charge in [0.05, 0.1) is 31.7 Å². The Morgan fingerprint density at radius 3 is 2.26 bits per heavy atom. The molecule has 1 aliphatic heterocycles. The smallest absolute Gasteiger partial charge is 0.260 e. The van der Waals surface area contributed by atoms with Gasteiger partial charge in [-0.15, -0.1) is 0 Å². The van der Waals surface area contributed by atoms with Crippen molar-refractivity contribution in [3.05, 3.63) is 66.2 Å². The fourth-order valence-corrected chi connectivity index (χ4v) is 6.31. The Labute approximate surface area is 197 Å². The van der Waals surface area contributed by atoms with Crippen LogP contribution in [0.1, 0.15) is 16.8 Å². The summed E-state index contributed by atoms with van der Waals surface area (Å²) in [5.74, 6) is 1.05. The van der Waals surface area contributed by atoms with Crippen LogP contribution in [0.2, 0.25) is 0 Å². The average Bonchev–Trinajstić information content (AvgIpc) is 3.67. The van der Waals surface area contributed by atoms with Gasteiger partial charge < -0.3 is 9.47 Å². The summed E-state index contributed by atoms with van der Waals surface area (Å²) in [5, 5.41) is 0.